The van der Waals surface area contributed by atoms with Crippen molar-refractivity contribution < 1.29 is 8.85 Å². The van der Waals surface area contributed by atoms with Crippen molar-refractivity contribution in [2.24, 2.45) is 0 Å². The molecule has 0 aromatic heterocycles. The summed E-state index contributed by atoms with van der Waals surface area (Å²) in [7, 11) is -1.46. The highest BCUT2D eigenvalue weighted by Crippen LogP contribution is 2.02. The van der Waals surface area contributed by atoms with Crippen LogP contribution in [0.5, 0.6) is 0 Å². The fourth-order valence-corrected chi connectivity index (χ4v) is 3.41. The van der Waals surface area contributed by atoms with Gasteiger partial charge in [-0.2, -0.15) is 0 Å². The highest BCUT2D eigenvalue weighted by molar-refractivity contribution is 6.62. The van der Waals surface area contributed by atoms with Crippen LogP contribution >= 0.6 is 0 Å². The van der Waals surface area contributed by atoms with Crippen LogP contribution in [-0.4, -0.2) is 22.5 Å². The van der Waals surface area contributed by atoms with Gasteiger partial charge in [0.1, 0.15) is 0 Å². The molecule has 0 aliphatic heterocycles. The SMILES string of the molecule is CCO[Si](OCC)c1ccccc1C#Cc1ccccc1. The van der Waals surface area contributed by atoms with Gasteiger partial charge >= 0.3 is 9.28 Å². The van der Waals surface area contributed by atoms with Crippen molar-refractivity contribution in [1.29, 1.82) is 0 Å². The Kier molecular flexibility index (Phi) is 6.23. The largest absolute Gasteiger partial charge is 0.424 e. The summed E-state index contributed by atoms with van der Waals surface area (Å²) in [4.78, 5) is 0. The van der Waals surface area contributed by atoms with E-state index in [4.69, 9.17) is 8.85 Å². The smallest absolute Gasteiger partial charge is 0.390 e. The standard InChI is InChI=1S/C18H19O2Si/c1-3-19-21(20-4-2)18-13-9-8-12-17(18)15-14-16-10-6-5-7-11-16/h5-13H,3-4H2,1-2H3. The molecule has 1 radical (unpaired) electrons. The molecule has 0 saturated heterocycles. The van der Waals surface area contributed by atoms with E-state index in [0.29, 0.717) is 13.2 Å². The summed E-state index contributed by atoms with van der Waals surface area (Å²) in [5, 5.41) is 1.08. The third-order valence-corrected chi connectivity index (χ3v) is 4.79. The predicted molar refractivity (Wildman–Crippen MR) is 87.5 cm³/mol. The molecule has 0 spiro atoms. The molecule has 0 bridgehead atoms. The Morgan fingerprint density at radius 2 is 1.43 bits per heavy atom. The quantitative estimate of drug-likeness (QED) is 0.624. The van der Waals surface area contributed by atoms with Crippen molar-refractivity contribution >= 4 is 14.5 Å². The Morgan fingerprint density at radius 1 is 0.810 bits per heavy atom. The Bertz CT molecular complexity index is 608. The molecule has 0 fully saturated rings. The molecule has 0 heterocycles. The van der Waals surface area contributed by atoms with Gasteiger partial charge in [0.05, 0.1) is 0 Å². The predicted octanol–water partition coefficient (Wildman–Crippen LogP) is 2.85. The van der Waals surface area contributed by atoms with Crippen molar-refractivity contribution in [2.45, 2.75) is 13.8 Å². The van der Waals surface area contributed by atoms with Crippen LogP contribution in [0.2, 0.25) is 0 Å². The van der Waals surface area contributed by atoms with Gasteiger partial charge in [-0.25, -0.2) is 0 Å². The van der Waals surface area contributed by atoms with E-state index in [1.807, 2.05) is 62.4 Å². The van der Waals surface area contributed by atoms with Gasteiger partial charge in [0, 0.05) is 29.5 Å². The maximum Gasteiger partial charge on any atom is 0.424 e. The van der Waals surface area contributed by atoms with E-state index >= 15 is 0 Å². The number of hydrogen-bond donors (Lipinski definition) is 0. The van der Waals surface area contributed by atoms with Crippen LogP contribution in [0.25, 0.3) is 0 Å². The van der Waals surface area contributed by atoms with Crippen LogP contribution in [0.4, 0.5) is 0 Å². The Labute approximate surface area is 128 Å². The molecule has 0 atom stereocenters. The number of rotatable bonds is 5. The minimum absolute atomic E-state index is 0.648. The lowest BCUT2D eigenvalue weighted by Crippen LogP contribution is -2.38. The highest BCUT2D eigenvalue weighted by atomic mass is 28.3. The van der Waals surface area contributed by atoms with Crippen molar-refractivity contribution in [2.75, 3.05) is 13.2 Å². The van der Waals surface area contributed by atoms with Crippen LogP contribution in [0.15, 0.2) is 54.6 Å². The molecule has 0 amide bonds. The summed E-state index contributed by atoms with van der Waals surface area (Å²) in [6.07, 6.45) is 0. The molecular weight excluding hydrogens is 276 g/mol. The fourth-order valence-electron chi connectivity index (χ4n) is 1.89. The van der Waals surface area contributed by atoms with Crippen LogP contribution in [-0.2, 0) is 8.85 Å². The summed E-state index contributed by atoms with van der Waals surface area (Å²) in [6, 6.07) is 18.1. The number of benzene rings is 2. The Hall–Kier alpha value is -1.86. The van der Waals surface area contributed by atoms with Crippen molar-refractivity contribution in [1.82, 2.24) is 0 Å². The molecule has 0 N–H and O–H groups in total. The van der Waals surface area contributed by atoms with Crippen LogP contribution < -0.4 is 5.19 Å². The second kappa shape index (κ2) is 8.43. The summed E-state index contributed by atoms with van der Waals surface area (Å²) < 4.78 is 11.5. The molecule has 21 heavy (non-hydrogen) atoms. The zero-order valence-electron chi connectivity index (χ0n) is 12.4. The molecule has 0 unspecified atom stereocenters. The lowest BCUT2D eigenvalue weighted by molar-refractivity contribution is 0.225. The first-order chi connectivity index (χ1) is 10.3. The van der Waals surface area contributed by atoms with Crippen molar-refractivity contribution in [3.8, 4) is 11.8 Å². The second-order valence-corrected chi connectivity index (χ2v) is 6.01. The van der Waals surface area contributed by atoms with Crippen LogP contribution in [0, 0.1) is 11.8 Å². The molecule has 0 saturated carbocycles. The van der Waals surface area contributed by atoms with Gasteiger partial charge in [-0.15, -0.1) is 0 Å². The van der Waals surface area contributed by atoms with Gasteiger partial charge in [-0.05, 0) is 32.0 Å². The van der Waals surface area contributed by atoms with Gasteiger partial charge in [0.25, 0.3) is 0 Å². The monoisotopic (exact) mass is 295 g/mol. The molecule has 2 aromatic carbocycles. The molecule has 0 aliphatic carbocycles. The lowest BCUT2D eigenvalue weighted by Gasteiger charge is -2.14. The topological polar surface area (TPSA) is 18.5 Å². The van der Waals surface area contributed by atoms with E-state index in [1.54, 1.807) is 0 Å². The van der Waals surface area contributed by atoms with Crippen molar-refractivity contribution in [3.05, 3.63) is 65.7 Å². The summed E-state index contributed by atoms with van der Waals surface area (Å²) in [5.41, 5.74) is 1.99. The first-order valence-corrected chi connectivity index (χ1v) is 8.45. The molecule has 2 rings (SSSR count). The summed E-state index contributed by atoms with van der Waals surface area (Å²) in [6.45, 7) is 5.27. The molecule has 2 nitrogen and oxygen atoms in total. The van der Waals surface area contributed by atoms with E-state index < -0.39 is 9.28 Å². The number of hydrogen-bond acceptors (Lipinski definition) is 2. The van der Waals surface area contributed by atoms with E-state index in [-0.39, 0.29) is 0 Å². The highest BCUT2D eigenvalue weighted by Gasteiger charge is 2.20. The first kappa shape index (κ1) is 15.5. The normalized spacial score (nSPS) is 10.2. The molecule has 2 aromatic rings. The Morgan fingerprint density at radius 3 is 2.10 bits per heavy atom. The fraction of sp³-hybridized carbons (Fsp3) is 0.222. The third-order valence-electron chi connectivity index (χ3n) is 2.81. The van der Waals surface area contributed by atoms with E-state index in [0.717, 1.165) is 16.3 Å². The van der Waals surface area contributed by atoms with E-state index in [2.05, 4.69) is 17.9 Å². The van der Waals surface area contributed by atoms with Gasteiger partial charge in [-0.3, -0.25) is 0 Å². The van der Waals surface area contributed by atoms with Gasteiger partial charge < -0.3 is 8.85 Å². The summed E-state index contributed by atoms with van der Waals surface area (Å²) >= 11 is 0. The second-order valence-electron chi connectivity index (χ2n) is 4.32. The van der Waals surface area contributed by atoms with Gasteiger partial charge in [-0.1, -0.05) is 48.2 Å². The minimum atomic E-state index is -1.46. The van der Waals surface area contributed by atoms with Crippen LogP contribution in [0.3, 0.4) is 0 Å². The molecular formula is C18H19O2Si. The molecule has 3 heteroatoms. The molecule has 107 valence electrons. The third kappa shape index (κ3) is 4.57. The Balaban J connectivity index is 2.30. The average molecular weight is 295 g/mol. The lowest BCUT2D eigenvalue weighted by atomic mass is 10.2. The zero-order chi connectivity index (χ0) is 14.9. The van der Waals surface area contributed by atoms with Crippen molar-refractivity contribution in [3.63, 3.8) is 0 Å². The maximum atomic E-state index is 5.77. The van der Waals surface area contributed by atoms with E-state index in [9.17, 15) is 0 Å². The first-order valence-electron chi connectivity index (χ1n) is 7.14. The maximum absolute atomic E-state index is 5.77. The zero-order valence-corrected chi connectivity index (χ0v) is 13.4. The van der Waals surface area contributed by atoms with Gasteiger partial charge in [0.2, 0.25) is 0 Å². The van der Waals surface area contributed by atoms with E-state index in [1.165, 1.54) is 0 Å². The summed E-state index contributed by atoms with van der Waals surface area (Å²) in [5.74, 6) is 6.44. The average Bonchev–Trinajstić information content (AvgIpc) is 2.54. The van der Waals surface area contributed by atoms with Gasteiger partial charge in [0.15, 0.2) is 0 Å². The molecule has 0 aliphatic rings. The minimum Gasteiger partial charge on any atom is -0.390 e. The van der Waals surface area contributed by atoms with Crippen LogP contribution in [0.1, 0.15) is 25.0 Å².